The van der Waals surface area contributed by atoms with Crippen molar-refractivity contribution in [3.63, 3.8) is 0 Å². The fourth-order valence-electron chi connectivity index (χ4n) is 1.32. The molecule has 0 radical (unpaired) electrons. The Kier molecular flexibility index (Phi) is 4.53. The van der Waals surface area contributed by atoms with E-state index in [9.17, 15) is 4.79 Å². The number of nitrogens with zero attached hydrogens (tertiary/aromatic N) is 3. The Hall–Kier alpha value is -2.53. The first-order chi connectivity index (χ1) is 8.17. The maximum atomic E-state index is 11.8. The van der Waals surface area contributed by atoms with Gasteiger partial charge in [0.05, 0.1) is 18.6 Å². The van der Waals surface area contributed by atoms with Gasteiger partial charge in [0.15, 0.2) is 0 Å². The molecule has 5 heteroatoms. The van der Waals surface area contributed by atoms with Crippen molar-refractivity contribution in [3.8, 4) is 12.1 Å². The molecule has 0 bridgehead atoms. The van der Waals surface area contributed by atoms with E-state index in [4.69, 9.17) is 16.3 Å². The highest BCUT2D eigenvalue weighted by molar-refractivity contribution is 5.79. The first-order valence-electron chi connectivity index (χ1n) is 5.03. The number of anilines is 1. The SMILES string of the molecule is N#CCN(CC#N)C(=O)Cc1ccc(N)cc1. The molecular weight excluding hydrogens is 216 g/mol. The molecule has 5 nitrogen and oxygen atoms in total. The van der Waals surface area contributed by atoms with E-state index in [1.807, 2.05) is 12.1 Å². The molecule has 0 unspecified atom stereocenters. The van der Waals surface area contributed by atoms with E-state index < -0.39 is 0 Å². The summed E-state index contributed by atoms with van der Waals surface area (Å²) < 4.78 is 0. The van der Waals surface area contributed by atoms with Crippen molar-refractivity contribution in [2.24, 2.45) is 0 Å². The molecule has 0 atom stereocenters. The minimum absolute atomic E-state index is 0.0681. The maximum Gasteiger partial charge on any atom is 0.228 e. The van der Waals surface area contributed by atoms with Crippen LogP contribution in [0.3, 0.4) is 0 Å². The molecule has 1 amide bonds. The van der Waals surface area contributed by atoms with Gasteiger partial charge in [-0.05, 0) is 17.7 Å². The molecule has 0 saturated heterocycles. The summed E-state index contributed by atoms with van der Waals surface area (Å²) in [6, 6.07) is 10.7. The van der Waals surface area contributed by atoms with Gasteiger partial charge in [-0.25, -0.2) is 0 Å². The summed E-state index contributed by atoms with van der Waals surface area (Å²) in [5, 5.41) is 17.1. The van der Waals surface area contributed by atoms with Crippen LogP contribution in [0.2, 0.25) is 0 Å². The van der Waals surface area contributed by atoms with E-state index >= 15 is 0 Å². The summed E-state index contributed by atoms with van der Waals surface area (Å²) in [7, 11) is 0. The predicted octanol–water partition coefficient (Wildman–Crippen LogP) is 0.687. The van der Waals surface area contributed by atoms with E-state index in [1.54, 1.807) is 24.3 Å². The van der Waals surface area contributed by atoms with Crippen LogP contribution in [0.4, 0.5) is 5.69 Å². The lowest BCUT2D eigenvalue weighted by molar-refractivity contribution is -0.129. The van der Waals surface area contributed by atoms with Crippen molar-refractivity contribution in [1.82, 2.24) is 4.90 Å². The smallest absolute Gasteiger partial charge is 0.228 e. The quantitative estimate of drug-likeness (QED) is 0.605. The van der Waals surface area contributed by atoms with Crippen LogP contribution >= 0.6 is 0 Å². The first-order valence-corrected chi connectivity index (χ1v) is 5.03. The number of carbonyl (C=O) groups excluding carboxylic acids is 1. The van der Waals surface area contributed by atoms with Gasteiger partial charge in [0.1, 0.15) is 13.1 Å². The first kappa shape index (κ1) is 12.5. The third-order valence-corrected chi connectivity index (χ3v) is 2.21. The predicted molar refractivity (Wildman–Crippen MR) is 62.4 cm³/mol. The van der Waals surface area contributed by atoms with Crippen molar-refractivity contribution in [2.45, 2.75) is 6.42 Å². The van der Waals surface area contributed by atoms with Crippen molar-refractivity contribution in [1.29, 1.82) is 10.5 Å². The van der Waals surface area contributed by atoms with Crippen LogP contribution < -0.4 is 5.73 Å². The molecule has 0 spiro atoms. The van der Waals surface area contributed by atoms with Crippen LogP contribution in [-0.2, 0) is 11.2 Å². The van der Waals surface area contributed by atoms with E-state index in [-0.39, 0.29) is 25.4 Å². The van der Waals surface area contributed by atoms with E-state index in [0.717, 1.165) is 5.56 Å². The van der Waals surface area contributed by atoms with E-state index in [1.165, 1.54) is 4.90 Å². The topological polar surface area (TPSA) is 93.9 Å². The third-order valence-electron chi connectivity index (χ3n) is 2.21. The average Bonchev–Trinajstić information content (AvgIpc) is 2.32. The lowest BCUT2D eigenvalue weighted by atomic mass is 10.1. The molecule has 2 N–H and O–H groups in total. The molecule has 0 aromatic heterocycles. The molecule has 0 saturated carbocycles. The molecule has 0 aliphatic heterocycles. The van der Waals surface area contributed by atoms with Gasteiger partial charge in [0.2, 0.25) is 5.91 Å². The normalized spacial score (nSPS) is 9.06. The van der Waals surface area contributed by atoms with Crippen molar-refractivity contribution in [2.75, 3.05) is 18.8 Å². The monoisotopic (exact) mass is 228 g/mol. The Bertz CT molecular complexity index is 451. The summed E-state index contributed by atoms with van der Waals surface area (Å²) >= 11 is 0. The largest absolute Gasteiger partial charge is 0.399 e. The highest BCUT2D eigenvalue weighted by Crippen LogP contribution is 2.07. The molecular formula is C12H12N4O. The minimum atomic E-state index is -0.238. The zero-order chi connectivity index (χ0) is 12.7. The second kappa shape index (κ2) is 6.14. The zero-order valence-electron chi connectivity index (χ0n) is 9.26. The number of carbonyl (C=O) groups is 1. The van der Waals surface area contributed by atoms with Crippen LogP contribution in [0, 0.1) is 22.7 Å². The van der Waals surface area contributed by atoms with Gasteiger partial charge in [-0.2, -0.15) is 10.5 Å². The Balaban J connectivity index is 2.67. The van der Waals surface area contributed by atoms with E-state index in [2.05, 4.69) is 0 Å². The molecule has 17 heavy (non-hydrogen) atoms. The maximum absolute atomic E-state index is 11.8. The fourth-order valence-corrected chi connectivity index (χ4v) is 1.32. The standard InChI is InChI=1S/C12H12N4O/c13-5-7-16(8-6-14)12(17)9-10-1-3-11(15)4-2-10/h1-4H,7-9,15H2. The van der Waals surface area contributed by atoms with Gasteiger partial charge in [-0.1, -0.05) is 12.1 Å². The molecule has 0 aliphatic carbocycles. The molecule has 0 heterocycles. The van der Waals surface area contributed by atoms with Gasteiger partial charge in [0, 0.05) is 5.69 Å². The molecule has 1 rings (SSSR count). The number of hydrogen-bond acceptors (Lipinski definition) is 4. The summed E-state index contributed by atoms with van der Waals surface area (Å²) in [5.41, 5.74) is 6.97. The molecule has 0 fully saturated rings. The van der Waals surface area contributed by atoms with Gasteiger partial charge >= 0.3 is 0 Å². The van der Waals surface area contributed by atoms with Crippen molar-refractivity contribution in [3.05, 3.63) is 29.8 Å². The Morgan fingerprint density at radius 3 is 2.18 bits per heavy atom. The Labute approximate surface area is 99.7 Å². The fraction of sp³-hybridized carbons (Fsp3) is 0.250. The second-order valence-corrected chi connectivity index (χ2v) is 3.48. The molecule has 1 aromatic rings. The van der Waals surface area contributed by atoms with Gasteiger partial charge in [-0.15, -0.1) is 0 Å². The Morgan fingerprint density at radius 2 is 1.71 bits per heavy atom. The number of nitrogen functional groups attached to an aromatic ring is 1. The summed E-state index contributed by atoms with van der Waals surface area (Å²) in [4.78, 5) is 13.0. The molecule has 1 aromatic carbocycles. The van der Waals surface area contributed by atoms with Crippen LogP contribution in [0.15, 0.2) is 24.3 Å². The summed E-state index contributed by atoms with van der Waals surface area (Å²) in [6.07, 6.45) is 0.170. The minimum Gasteiger partial charge on any atom is -0.399 e. The number of rotatable bonds is 4. The molecule has 0 aliphatic rings. The van der Waals surface area contributed by atoms with Gasteiger partial charge < -0.3 is 10.6 Å². The van der Waals surface area contributed by atoms with Crippen molar-refractivity contribution >= 4 is 11.6 Å². The second-order valence-electron chi connectivity index (χ2n) is 3.48. The molecule has 86 valence electrons. The number of amides is 1. The number of hydrogen-bond donors (Lipinski definition) is 1. The lowest BCUT2D eigenvalue weighted by Crippen LogP contribution is -2.33. The van der Waals surface area contributed by atoms with Gasteiger partial charge in [0.25, 0.3) is 0 Å². The highest BCUT2D eigenvalue weighted by Gasteiger charge is 2.12. The number of nitriles is 2. The van der Waals surface area contributed by atoms with Crippen molar-refractivity contribution < 1.29 is 4.79 Å². The highest BCUT2D eigenvalue weighted by atomic mass is 16.2. The van der Waals surface area contributed by atoms with Crippen LogP contribution in [0.25, 0.3) is 0 Å². The lowest BCUT2D eigenvalue weighted by Gasteiger charge is -2.15. The van der Waals surface area contributed by atoms with Crippen LogP contribution in [-0.4, -0.2) is 23.9 Å². The zero-order valence-corrected chi connectivity index (χ0v) is 9.26. The van der Waals surface area contributed by atoms with Crippen LogP contribution in [0.5, 0.6) is 0 Å². The number of benzene rings is 1. The number of nitrogens with two attached hydrogens (primary N) is 1. The summed E-state index contributed by atoms with van der Waals surface area (Å²) in [5.74, 6) is -0.238. The Morgan fingerprint density at radius 1 is 1.18 bits per heavy atom. The van der Waals surface area contributed by atoms with Crippen LogP contribution in [0.1, 0.15) is 5.56 Å². The average molecular weight is 228 g/mol. The third kappa shape index (κ3) is 3.84. The van der Waals surface area contributed by atoms with Gasteiger partial charge in [-0.3, -0.25) is 4.79 Å². The summed E-state index contributed by atoms with van der Waals surface area (Å²) in [6.45, 7) is -0.136. The van der Waals surface area contributed by atoms with E-state index in [0.29, 0.717) is 5.69 Å².